The van der Waals surface area contributed by atoms with Gasteiger partial charge in [0, 0.05) is 21.8 Å². The molecule has 3 aromatic carbocycles. The highest BCUT2D eigenvalue weighted by atomic mass is 14.7. The van der Waals surface area contributed by atoms with Gasteiger partial charge >= 0.3 is 0 Å². The molecule has 1 N–H and O–H groups in total. The van der Waals surface area contributed by atoms with Gasteiger partial charge in [-0.1, -0.05) is 110 Å². The maximum atomic E-state index is 3.72. The average Bonchev–Trinajstić information content (AvgIpc) is 3.47. The minimum atomic E-state index is -0.210. The molecule has 1 heterocycles. The number of aromatic amines is 1. The lowest BCUT2D eigenvalue weighted by Crippen LogP contribution is -2.32. The maximum Gasteiger partial charge on any atom is 0.0639 e. The summed E-state index contributed by atoms with van der Waals surface area (Å²) in [6, 6.07) is 24.9. The van der Waals surface area contributed by atoms with E-state index in [1.165, 1.54) is 61.6 Å². The minimum Gasteiger partial charge on any atom is -0.354 e. The number of benzene rings is 3. The fourth-order valence-corrected chi connectivity index (χ4v) is 7.08. The van der Waals surface area contributed by atoms with E-state index in [0.29, 0.717) is 0 Å². The number of hydrogen-bond donors (Lipinski definition) is 1. The first-order valence-corrected chi connectivity index (χ1v) is 13.9. The largest absolute Gasteiger partial charge is 0.354 e. The summed E-state index contributed by atoms with van der Waals surface area (Å²) < 4.78 is 0. The highest BCUT2D eigenvalue weighted by molar-refractivity contribution is 6.15. The van der Waals surface area contributed by atoms with Gasteiger partial charge in [0.05, 0.1) is 5.41 Å². The van der Waals surface area contributed by atoms with Crippen LogP contribution in [0.5, 0.6) is 0 Å². The molecule has 0 saturated carbocycles. The Balaban J connectivity index is 1.61. The zero-order valence-corrected chi connectivity index (χ0v) is 21.6. The molecule has 0 amide bonds. The lowest BCUT2D eigenvalue weighted by Gasteiger charge is -2.39. The molecule has 0 spiro atoms. The molecule has 0 aliphatic heterocycles. The predicted octanol–water partition coefficient (Wildman–Crippen LogP) is 9.73. The van der Waals surface area contributed by atoms with Gasteiger partial charge < -0.3 is 4.98 Å². The topological polar surface area (TPSA) is 15.8 Å². The van der Waals surface area contributed by atoms with E-state index in [2.05, 4.69) is 115 Å². The lowest BCUT2D eigenvalue weighted by atomic mass is 9.63. The third-order valence-corrected chi connectivity index (χ3v) is 8.61. The lowest BCUT2D eigenvalue weighted by molar-refractivity contribution is 0.642. The monoisotopic (exact) mass is 479 g/mol. The minimum absolute atomic E-state index is 0.210. The van der Waals surface area contributed by atoms with E-state index >= 15 is 0 Å². The Morgan fingerprint density at radius 3 is 2.59 bits per heavy atom. The van der Waals surface area contributed by atoms with Crippen LogP contribution in [0, 0.1) is 0 Å². The zero-order chi connectivity index (χ0) is 24.8. The second kappa shape index (κ2) is 8.92. The van der Waals surface area contributed by atoms with Crippen LogP contribution in [0.15, 0.2) is 120 Å². The third kappa shape index (κ3) is 3.30. The fraction of sp³-hybridized carbons (Fsp3) is 0.222. The summed E-state index contributed by atoms with van der Waals surface area (Å²) >= 11 is 0. The first kappa shape index (κ1) is 22.4. The number of aromatic nitrogens is 1. The molecule has 0 bridgehead atoms. The Morgan fingerprint density at radius 2 is 1.76 bits per heavy atom. The highest BCUT2D eigenvalue weighted by Gasteiger charge is 2.49. The molecule has 3 aliphatic rings. The normalized spacial score (nSPS) is 21.0. The van der Waals surface area contributed by atoms with E-state index in [0.717, 1.165) is 32.1 Å². The van der Waals surface area contributed by atoms with Crippen molar-refractivity contribution >= 4 is 27.4 Å². The van der Waals surface area contributed by atoms with Crippen molar-refractivity contribution < 1.29 is 0 Å². The molecule has 0 saturated heterocycles. The summed E-state index contributed by atoms with van der Waals surface area (Å²) in [4.78, 5) is 3.72. The summed E-state index contributed by atoms with van der Waals surface area (Å²) in [5, 5.41) is 2.70. The van der Waals surface area contributed by atoms with Crippen LogP contribution in [0.3, 0.4) is 0 Å². The molecule has 1 heteroatoms. The Bertz CT molecular complexity index is 1670. The number of fused-ring (bicyclic) bond motifs is 6. The Morgan fingerprint density at radius 1 is 0.892 bits per heavy atom. The molecule has 4 aromatic rings. The Hall–Kier alpha value is -3.84. The van der Waals surface area contributed by atoms with Gasteiger partial charge in [0.2, 0.25) is 0 Å². The smallest absolute Gasteiger partial charge is 0.0639 e. The van der Waals surface area contributed by atoms with Gasteiger partial charge in [-0.3, -0.25) is 0 Å². The van der Waals surface area contributed by atoms with Gasteiger partial charge in [-0.25, -0.2) is 0 Å². The summed E-state index contributed by atoms with van der Waals surface area (Å²) in [5.41, 5.74) is 12.6. The number of rotatable bonds is 5. The van der Waals surface area contributed by atoms with Crippen LogP contribution in [0.1, 0.15) is 62.1 Å². The van der Waals surface area contributed by atoms with E-state index in [1.807, 2.05) is 0 Å². The quantitative estimate of drug-likeness (QED) is 0.293. The molecule has 7 rings (SSSR count). The number of para-hydroxylation sites is 1. The van der Waals surface area contributed by atoms with Crippen molar-refractivity contribution in [2.75, 3.05) is 0 Å². The molecule has 37 heavy (non-hydrogen) atoms. The van der Waals surface area contributed by atoms with Crippen LogP contribution in [0.25, 0.3) is 27.4 Å². The number of allylic oxidation sites excluding steroid dienone is 10. The van der Waals surface area contributed by atoms with Crippen molar-refractivity contribution in [3.8, 4) is 0 Å². The van der Waals surface area contributed by atoms with Gasteiger partial charge in [0.25, 0.3) is 0 Å². The molecular formula is C36H33N. The highest BCUT2D eigenvalue weighted by Crippen LogP contribution is 2.60. The van der Waals surface area contributed by atoms with Crippen LogP contribution in [-0.4, -0.2) is 4.98 Å². The summed E-state index contributed by atoms with van der Waals surface area (Å²) in [6.45, 7) is 2.25. The van der Waals surface area contributed by atoms with E-state index in [9.17, 15) is 0 Å². The standard InChI is InChI=1S/C36H33N/c1-2-3-6-13-25-20-21-30-29(24-25)34-31(22-23-33-35(34)28-18-11-12-19-32(28)37-33)36(30,26-14-7-4-8-15-26)27-16-9-5-10-17-27/h4-9,11-16,18-19,22-24,37H,2-3,10,17,20-21H2,1H3/b13-6-. The Kier molecular flexibility index (Phi) is 5.39. The summed E-state index contributed by atoms with van der Waals surface area (Å²) in [7, 11) is 0. The van der Waals surface area contributed by atoms with E-state index < -0.39 is 0 Å². The number of unbranched alkanes of at least 4 members (excludes halogenated alkanes) is 1. The second-order valence-corrected chi connectivity index (χ2v) is 10.7. The molecule has 0 radical (unpaired) electrons. The van der Waals surface area contributed by atoms with Gasteiger partial charge in [0.1, 0.15) is 0 Å². The van der Waals surface area contributed by atoms with Crippen molar-refractivity contribution in [2.24, 2.45) is 0 Å². The molecule has 182 valence electrons. The molecule has 0 fully saturated rings. The predicted molar refractivity (Wildman–Crippen MR) is 158 cm³/mol. The maximum absolute atomic E-state index is 3.72. The van der Waals surface area contributed by atoms with Crippen molar-refractivity contribution in [1.82, 2.24) is 4.98 Å². The van der Waals surface area contributed by atoms with Gasteiger partial charge in [0.15, 0.2) is 0 Å². The van der Waals surface area contributed by atoms with Crippen LogP contribution in [-0.2, 0) is 5.41 Å². The fourth-order valence-electron chi connectivity index (χ4n) is 7.08. The van der Waals surface area contributed by atoms with Crippen molar-refractivity contribution in [1.29, 1.82) is 0 Å². The van der Waals surface area contributed by atoms with Crippen molar-refractivity contribution in [2.45, 2.75) is 50.9 Å². The van der Waals surface area contributed by atoms with E-state index in [1.54, 1.807) is 5.57 Å². The molecular weight excluding hydrogens is 446 g/mol. The first-order valence-electron chi connectivity index (χ1n) is 13.9. The third-order valence-electron chi connectivity index (χ3n) is 8.61. The van der Waals surface area contributed by atoms with Gasteiger partial charge in [-0.05, 0) is 77.6 Å². The Labute approximate surface area is 219 Å². The van der Waals surface area contributed by atoms with Crippen LogP contribution < -0.4 is 0 Å². The molecule has 1 aromatic heterocycles. The zero-order valence-electron chi connectivity index (χ0n) is 21.6. The molecule has 3 aliphatic carbocycles. The second-order valence-electron chi connectivity index (χ2n) is 10.7. The molecule has 1 nitrogen and oxygen atoms in total. The van der Waals surface area contributed by atoms with Crippen LogP contribution in [0.4, 0.5) is 0 Å². The molecule has 1 atom stereocenters. The van der Waals surface area contributed by atoms with Gasteiger partial charge in [-0.2, -0.15) is 0 Å². The average molecular weight is 480 g/mol. The van der Waals surface area contributed by atoms with Crippen molar-refractivity contribution in [3.63, 3.8) is 0 Å². The summed E-state index contributed by atoms with van der Waals surface area (Å²) in [6.07, 6.45) is 21.0. The SMILES string of the molecule is CCC/C=C\C1=CC2=C(CC1)C(C1=CC=CCC1)(c1ccccc1)c1ccc3[nH]c4ccccc4c3c12. The van der Waals surface area contributed by atoms with Crippen LogP contribution >= 0.6 is 0 Å². The van der Waals surface area contributed by atoms with E-state index in [4.69, 9.17) is 0 Å². The van der Waals surface area contributed by atoms with Gasteiger partial charge in [-0.15, -0.1) is 0 Å². The number of H-pyrrole nitrogens is 1. The van der Waals surface area contributed by atoms with Crippen LogP contribution in [0.2, 0.25) is 0 Å². The molecule has 1 unspecified atom stereocenters. The van der Waals surface area contributed by atoms with E-state index in [-0.39, 0.29) is 5.41 Å². The van der Waals surface area contributed by atoms with Crippen molar-refractivity contribution in [3.05, 3.63) is 137 Å². The summed E-state index contributed by atoms with van der Waals surface area (Å²) in [5.74, 6) is 0. The number of nitrogens with one attached hydrogen (secondary N) is 1. The first-order chi connectivity index (χ1) is 18.3. The number of hydrogen-bond acceptors (Lipinski definition) is 0.